The van der Waals surface area contributed by atoms with Crippen LogP contribution in [0, 0.1) is 0 Å². The molecule has 1 fully saturated rings. The quantitative estimate of drug-likeness (QED) is 0.902. The van der Waals surface area contributed by atoms with Crippen molar-refractivity contribution in [1.82, 2.24) is 9.88 Å². The Labute approximate surface area is 147 Å². The first kappa shape index (κ1) is 17.1. The van der Waals surface area contributed by atoms with E-state index >= 15 is 0 Å². The lowest BCUT2D eigenvalue weighted by molar-refractivity contribution is -0.132. The molecular weight excluding hydrogens is 318 g/mol. The molecule has 1 aromatic heterocycles. The number of hydrogen-bond donors (Lipinski definition) is 1. The minimum atomic E-state index is -0.551. The highest BCUT2D eigenvalue weighted by molar-refractivity contribution is 7.13. The van der Waals surface area contributed by atoms with Crippen molar-refractivity contribution in [3.63, 3.8) is 0 Å². The van der Waals surface area contributed by atoms with Gasteiger partial charge in [0.25, 0.3) is 0 Å². The second kappa shape index (κ2) is 7.03. The number of primary amides is 1. The van der Waals surface area contributed by atoms with E-state index in [4.69, 9.17) is 10.7 Å². The third-order valence-electron chi connectivity index (χ3n) is 5.08. The van der Waals surface area contributed by atoms with E-state index in [0.717, 1.165) is 48.5 Å². The summed E-state index contributed by atoms with van der Waals surface area (Å²) in [6.45, 7) is 5.70. The average molecular weight is 343 g/mol. The fourth-order valence-electron chi connectivity index (χ4n) is 3.30. The molecule has 1 amide bonds. The Morgan fingerprint density at radius 2 is 2.08 bits per heavy atom. The van der Waals surface area contributed by atoms with Gasteiger partial charge in [-0.25, -0.2) is 4.98 Å². The summed E-state index contributed by atoms with van der Waals surface area (Å²) in [6.07, 6.45) is 4.04. The smallest absolute Gasteiger partial charge is 0.237 e. The molecule has 5 heteroatoms. The van der Waals surface area contributed by atoms with Gasteiger partial charge in [-0.1, -0.05) is 31.2 Å². The summed E-state index contributed by atoms with van der Waals surface area (Å²) in [5.41, 5.74) is 8.62. The van der Waals surface area contributed by atoms with E-state index in [1.165, 1.54) is 5.56 Å². The first-order chi connectivity index (χ1) is 11.5. The van der Waals surface area contributed by atoms with Crippen LogP contribution in [0.3, 0.4) is 0 Å². The van der Waals surface area contributed by atoms with E-state index in [2.05, 4.69) is 41.5 Å². The lowest BCUT2D eigenvalue weighted by Gasteiger charge is -2.42. The molecule has 1 atom stereocenters. The van der Waals surface area contributed by atoms with Crippen molar-refractivity contribution >= 4 is 17.2 Å². The molecular formula is C19H25N3OS. The molecule has 1 aromatic carbocycles. The third kappa shape index (κ3) is 3.37. The topological polar surface area (TPSA) is 59.2 Å². The zero-order valence-electron chi connectivity index (χ0n) is 14.4. The maximum Gasteiger partial charge on any atom is 0.237 e. The van der Waals surface area contributed by atoms with Crippen molar-refractivity contribution in [3.8, 4) is 10.6 Å². The van der Waals surface area contributed by atoms with Crippen LogP contribution < -0.4 is 5.73 Å². The first-order valence-electron chi connectivity index (χ1n) is 8.61. The van der Waals surface area contributed by atoms with Crippen LogP contribution in [-0.4, -0.2) is 27.9 Å². The highest BCUT2D eigenvalue weighted by Gasteiger charge is 2.39. The lowest BCUT2D eigenvalue weighted by atomic mass is 9.87. The van der Waals surface area contributed by atoms with E-state index < -0.39 is 5.54 Å². The Hall–Kier alpha value is -1.72. The lowest BCUT2D eigenvalue weighted by Crippen LogP contribution is -2.57. The number of carbonyl (C=O) groups excluding carboxylic acids is 1. The van der Waals surface area contributed by atoms with Gasteiger partial charge in [0.05, 0.1) is 11.2 Å². The average Bonchev–Trinajstić information content (AvgIpc) is 3.05. The van der Waals surface area contributed by atoms with Gasteiger partial charge in [0, 0.05) is 17.5 Å². The molecule has 1 aliphatic rings. The summed E-state index contributed by atoms with van der Waals surface area (Å²) in [5.74, 6) is -0.229. The Morgan fingerprint density at radius 1 is 1.33 bits per heavy atom. The van der Waals surface area contributed by atoms with Gasteiger partial charge >= 0.3 is 0 Å². The van der Waals surface area contributed by atoms with Crippen LogP contribution in [0.1, 0.15) is 44.4 Å². The van der Waals surface area contributed by atoms with Crippen LogP contribution in [0.4, 0.5) is 0 Å². The maximum absolute atomic E-state index is 11.9. The second-order valence-corrected chi connectivity index (χ2v) is 7.57. The maximum atomic E-state index is 11.9. The Bertz CT molecular complexity index is 710. The molecule has 0 spiro atoms. The number of hydrogen-bond acceptors (Lipinski definition) is 4. The molecule has 2 aromatic rings. The van der Waals surface area contributed by atoms with Gasteiger partial charge in [-0.2, -0.15) is 0 Å². The molecule has 24 heavy (non-hydrogen) atoms. The standard InChI is InChI=1S/C19H25N3OS/c1-3-14-6-8-15(9-7-14)17-21-16(13-24-17)12-22-11-5-4-10-19(22,2)18(20)23/h6-9,13H,3-5,10-12H2,1-2H3,(H2,20,23). The summed E-state index contributed by atoms with van der Waals surface area (Å²) in [5, 5.41) is 3.13. The number of amides is 1. The van der Waals surface area contributed by atoms with E-state index in [-0.39, 0.29) is 5.91 Å². The zero-order chi connectivity index (χ0) is 17.2. The Balaban J connectivity index is 1.76. The summed E-state index contributed by atoms with van der Waals surface area (Å²) in [7, 11) is 0. The van der Waals surface area contributed by atoms with Crippen LogP contribution in [0.25, 0.3) is 10.6 Å². The second-order valence-electron chi connectivity index (χ2n) is 6.71. The van der Waals surface area contributed by atoms with Crippen LogP contribution in [0.15, 0.2) is 29.6 Å². The molecule has 1 saturated heterocycles. The number of piperidine rings is 1. The van der Waals surface area contributed by atoms with Gasteiger partial charge in [0.2, 0.25) is 5.91 Å². The van der Waals surface area contributed by atoms with Crippen molar-refractivity contribution in [3.05, 3.63) is 40.9 Å². The Kier molecular flexibility index (Phi) is 5.01. The summed E-state index contributed by atoms with van der Waals surface area (Å²) in [4.78, 5) is 18.9. The number of rotatable bonds is 5. The minimum Gasteiger partial charge on any atom is -0.368 e. The molecule has 2 N–H and O–H groups in total. The highest BCUT2D eigenvalue weighted by Crippen LogP contribution is 2.31. The van der Waals surface area contributed by atoms with Crippen LogP contribution in [0.2, 0.25) is 0 Å². The molecule has 1 unspecified atom stereocenters. The molecule has 4 nitrogen and oxygen atoms in total. The molecule has 128 valence electrons. The summed E-state index contributed by atoms with van der Waals surface area (Å²) >= 11 is 1.66. The minimum absolute atomic E-state index is 0.229. The van der Waals surface area contributed by atoms with Gasteiger partial charge in [-0.05, 0) is 44.7 Å². The van der Waals surface area contributed by atoms with Gasteiger partial charge in [-0.3, -0.25) is 9.69 Å². The molecule has 0 saturated carbocycles. The third-order valence-corrected chi connectivity index (χ3v) is 6.02. The fraction of sp³-hybridized carbons (Fsp3) is 0.474. The van der Waals surface area contributed by atoms with Crippen molar-refractivity contribution in [1.29, 1.82) is 0 Å². The molecule has 0 radical (unpaired) electrons. The van der Waals surface area contributed by atoms with Crippen LogP contribution in [0.5, 0.6) is 0 Å². The summed E-state index contributed by atoms with van der Waals surface area (Å²) < 4.78 is 0. The van der Waals surface area contributed by atoms with Gasteiger partial charge < -0.3 is 5.73 Å². The first-order valence-corrected chi connectivity index (χ1v) is 9.49. The van der Waals surface area contributed by atoms with Gasteiger partial charge in [-0.15, -0.1) is 11.3 Å². The molecule has 0 bridgehead atoms. The number of carbonyl (C=O) groups is 1. The van der Waals surface area contributed by atoms with E-state index in [0.29, 0.717) is 6.54 Å². The number of aromatic nitrogens is 1. The number of aryl methyl sites for hydroxylation is 1. The molecule has 3 rings (SSSR count). The zero-order valence-corrected chi connectivity index (χ0v) is 15.2. The fourth-order valence-corrected chi connectivity index (χ4v) is 4.12. The number of nitrogens with two attached hydrogens (primary N) is 1. The van der Waals surface area contributed by atoms with E-state index in [9.17, 15) is 4.79 Å². The van der Waals surface area contributed by atoms with Crippen molar-refractivity contribution in [2.45, 2.75) is 51.6 Å². The van der Waals surface area contributed by atoms with Crippen LogP contribution in [-0.2, 0) is 17.8 Å². The van der Waals surface area contributed by atoms with Crippen molar-refractivity contribution < 1.29 is 4.79 Å². The summed E-state index contributed by atoms with van der Waals surface area (Å²) in [6, 6.07) is 8.59. The predicted octanol–water partition coefficient (Wildman–Crippen LogP) is 3.60. The predicted molar refractivity (Wildman–Crippen MR) is 98.8 cm³/mol. The number of likely N-dealkylation sites (tertiary alicyclic amines) is 1. The van der Waals surface area contributed by atoms with Crippen LogP contribution >= 0.6 is 11.3 Å². The van der Waals surface area contributed by atoms with E-state index in [1.807, 2.05) is 6.92 Å². The molecule has 2 heterocycles. The number of nitrogens with zero attached hydrogens (tertiary/aromatic N) is 2. The number of benzene rings is 1. The highest BCUT2D eigenvalue weighted by atomic mass is 32.1. The van der Waals surface area contributed by atoms with Crippen molar-refractivity contribution in [2.75, 3.05) is 6.54 Å². The normalized spacial score (nSPS) is 21.8. The largest absolute Gasteiger partial charge is 0.368 e. The molecule has 1 aliphatic heterocycles. The van der Waals surface area contributed by atoms with Gasteiger partial charge in [0.15, 0.2) is 0 Å². The number of thiazole rings is 1. The van der Waals surface area contributed by atoms with E-state index in [1.54, 1.807) is 11.3 Å². The van der Waals surface area contributed by atoms with Gasteiger partial charge in [0.1, 0.15) is 5.01 Å². The van der Waals surface area contributed by atoms with Crippen molar-refractivity contribution in [2.24, 2.45) is 5.73 Å². The monoisotopic (exact) mass is 343 g/mol. The Morgan fingerprint density at radius 3 is 2.75 bits per heavy atom. The SMILES string of the molecule is CCc1ccc(-c2nc(CN3CCCCC3(C)C(N)=O)cs2)cc1. The molecule has 0 aliphatic carbocycles.